The van der Waals surface area contributed by atoms with Gasteiger partial charge in [-0.15, -0.1) is 12.4 Å². The summed E-state index contributed by atoms with van der Waals surface area (Å²) in [4.78, 5) is 13.3. The lowest BCUT2D eigenvalue weighted by atomic mass is 9.93. The molecule has 1 amide bonds. The van der Waals surface area contributed by atoms with Crippen molar-refractivity contribution in [1.29, 1.82) is 0 Å². The van der Waals surface area contributed by atoms with Crippen LogP contribution < -0.4 is 5.73 Å². The standard InChI is InChI=1S/C11H22N2O3S.ClH/c1-8(12)11(14)13(2)9-6-4-5-7-10(9)17(3,15)16;/h8-10H,4-7,12H2,1-3H3;1H/t8-,9?,10?;/m0./s1. The Bertz CT molecular complexity index is 384. The molecule has 7 heteroatoms. The third-order valence-corrected chi connectivity index (χ3v) is 5.10. The van der Waals surface area contributed by atoms with Crippen LogP contribution >= 0.6 is 12.4 Å². The largest absolute Gasteiger partial charge is 0.340 e. The summed E-state index contributed by atoms with van der Waals surface area (Å²) in [5.41, 5.74) is 5.56. The predicted molar refractivity (Wildman–Crippen MR) is 74.6 cm³/mol. The molecule has 0 bridgehead atoms. The van der Waals surface area contributed by atoms with Crippen LogP contribution in [0.5, 0.6) is 0 Å². The summed E-state index contributed by atoms with van der Waals surface area (Å²) < 4.78 is 23.4. The first-order valence-corrected chi connectivity index (χ1v) is 7.91. The number of hydrogen-bond donors (Lipinski definition) is 1. The number of carbonyl (C=O) groups is 1. The van der Waals surface area contributed by atoms with Crippen LogP contribution in [0.2, 0.25) is 0 Å². The van der Waals surface area contributed by atoms with E-state index in [1.807, 2.05) is 0 Å². The molecule has 0 aromatic carbocycles. The number of sulfone groups is 1. The molecule has 1 fully saturated rings. The first-order valence-electron chi connectivity index (χ1n) is 5.96. The first-order chi connectivity index (χ1) is 7.75. The third kappa shape index (κ3) is 4.10. The van der Waals surface area contributed by atoms with Crippen molar-refractivity contribution in [3.63, 3.8) is 0 Å². The Balaban J connectivity index is 0.00000289. The lowest BCUT2D eigenvalue weighted by Gasteiger charge is -2.37. The monoisotopic (exact) mass is 298 g/mol. The van der Waals surface area contributed by atoms with Crippen LogP contribution in [0.15, 0.2) is 0 Å². The number of nitrogens with two attached hydrogens (primary N) is 1. The third-order valence-electron chi connectivity index (χ3n) is 3.45. The Kier molecular flexibility index (Phi) is 6.60. The Morgan fingerprint density at radius 2 is 1.83 bits per heavy atom. The van der Waals surface area contributed by atoms with Gasteiger partial charge in [0.25, 0.3) is 0 Å². The number of nitrogens with zero attached hydrogens (tertiary/aromatic N) is 1. The van der Waals surface area contributed by atoms with Crippen LogP contribution in [0.4, 0.5) is 0 Å². The second kappa shape index (κ2) is 6.73. The van der Waals surface area contributed by atoms with E-state index >= 15 is 0 Å². The molecular weight excluding hydrogens is 276 g/mol. The molecule has 0 radical (unpaired) electrons. The van der Waals surface area contributed by atoms with Crippen molar-refractivity contribution in [2.24, 2.45) is 5.73 Å². The number of amides is 1. The van der Waals surface area contributed by atoms with Crippen LogP contribution in [0.1, 0.15) is 32.6 Å². The Morgan fingerprint density at radius 1 is 1.33 bits per heavy atom. The van der Waals surface area contributed by atoms with Gasteiger partial charge in [0, 0.05) is 19.3 Å². The summed E-state index contributed by atoms with van der Waals surface area (Å²) in [5, 5.41) is -0.441. The van der Waals surface area contributed by atoms with Gasteiger partial charge in [0.1, 0.15) is 0 Å². The van der Waals surface area contributed by atoms with Gasteiger partial charge in [-0.1, -0.05) is 12.8 Å². The van der Waals surface area contributed by atoms with Crippen molar-refractivity contribution in [3.05, 3.63) is 0 Å². The molecule has 0 spiro atoms. The molecule has 0 aliphatic heterocycles. The molecule has 18 heavy (non-hydrogen) atoms. The molecule has 2 unspecified atom stereocenters. The van der Waals surface area contributed by atoms with Crippen molar-refractivity contribution in [3.8, 4) is 0 Å². The SMILES string of the molecule is C[C@H](N)C(=O)N(C)C1CCCCC1S(C)(=O)=O.Cl. The summed E-state index contributed by atoms with van der Waals surface area (Å²) in [6.45, 7) is 1.62. The summed E-state index contributed by atoms with van der Waals surface area (Å²) in [6, 6.07) is -0.806. The number of rotatable bonds is 3. The fourth-order valence-corrected chi connectivity index (χ4v) is 3.99. The van der Waals surface area contributed by atoms with Crippen molar-refractivity contribution in [2.45, 2.75) is 49.9 Å². The zero-order valence-electron chi connectivity index (χ0n) is 11.1. The van der Waals surface area contributed by atoms with Gasteiger partial charge in [0.2, 0.25) is 5.91 Å². The minimum Gasteiger partial charge on any atom is -0.340 e. The van der Waals surface area contributed by atoms with E-state index in [2.05, 4.69) is 0 Å². The van der Waals surface area contributed by atoms with Gasteiger partial charge in [-0.25, -0.2) is 8.42 Å². The molecule has 5 nitrogen and oxygen atoms in total. The topological polar surface area (TPSA) is 80.5 Å². The quantitative estimate of drug-likeness (QED) is 0.826. The molecule has 2 N–H and O–H groups in total. The van der Waals surface area contributed by atoms with Crippen molar-refractivity contribution >= 4 is 28.2 Å². The predicted octanol–water partition coefficient (Wildman–Crippen LogP) is 0.570. The lowest BCUT2D eigenvalue weighted by molar-refractivity contribution is -0.133. The minimum absolute atomic E-state index is 0. The van der Waals surface area contributed by atoms with Crippen LogP contribution in [-0.4, -0.2) is 49.9 Å². The Morgan fingerprint density at radius 3 is 2.28 bits per heavy atom. The van der Waals surface area contributed by atoms with Crippen LogP contribution in [0.25, 0.3) is 0 Å². The van der Waals surface area contributed by atoms with Gasteiger partial charge in [-0.05, 0) is 19.8 Å². The van der Waals surface area contributed by atoms with E-state index in [4.69, 9.17) is 5.73 Å². The van der Waals surface area contributed by atoms with E-state index in [1.165, 1.54) is 11.2 Å². The second-order valence-corrected chi connectivity index (χ2v) is 7.22. The number of likely N-dealkylation sites (N-methyl/N-ethyl adjacent to an activating group) is 1. The zero-order valence-corrected chi connectivity index (χ0v) is 12.8. The van der Waals surface area contributed by atoms with Gasteiger partial charge < -0.3 is 10.6 Å². The highest BCUT2D eigenvalue weighted by atomic mass is 35.5. The molecular formula is C11H23ClN2O3S. The maximum Gasteiger partial charge on any atom is 0.239 e. The minimum atomic E-state index is -3.11. The Labute approximate surface area is 115 Å². The molecule has 0 aromatic rings. The van der Waals surface area contributed by atoms with Crippen molar-refractivity contribution in [1.82, 2.24) is 4.90 Å². The molecule has 0 saturated heterocycles. The molecule has 0 aromatic heterocycles. The normalized spacial score (nSPS) is 26.0. The highest BCUT2D eigenvalue weighted by Gasteiger charge is 2.37. The number of halogens is 1. The average molecular weight is 299 g/mol. The van der Waals surface area contributed by atoms with Crippen LogP contribution in [-0.2, 0) is 14.6 Å². The zero-order chi connectivity index (χ0) is 13.2. The van der Waals surface area contributed by atoms with Crippen molar-refractivity contribution < 1.29 is 13.2 Å². The van der Waals surface area contributed by atoms with E-state index in [9.17, 15) is 13.2 Å². The Hall–Kier alpha value is -0.330. The van der Waals surface area contributed by atoms with E-state index in [0.29, 0.717) is 6.42 Å². The van der Waals surface area contributed by atoms with E-state index in [0.717, 1.165) is 19.3 Å². The molecule has 1 aliphatic rings. The average Bonchev–Trinajstić information content (AvgIpc) is 2.25. The van der Waals surface area contributed by atoms with Gasteiger partial charge in [0.15, 0.2) is 9.84 Å². The lowest BCUT2D eigenvalue weighted by Crippen LogP contribution is -2.52. The van der Waals surface area contributed by atoms with E-state index < -0.39 is 21.1 Å². The molecule has 1 saturated carbocycles. The second-order valence-electron chi connectivity index (χ2n) is 4.96. The summed E-state index contributed by atoms with van der Waals surface area (Å²) >= 11 is 0. The molecule has 0 heterocycles. The molecule has 108 valence electrons. The maximum absolute atomic E-state index is 11.8. The molecule has 1 aliphatic carbocycles. The number of carbonyl (C=O) groups excluding carboxylic acids is 1. The fourth-order valence-electron chi connectivity index (χ4n) is 2.50. The number of hydrogen-bond acceptors (Lipinski definition) is 4. The smallest absolute Gasteiger partial charge is 0.239 e. The van der Waals surface area contributed by atoms with Crippen molar-refractivity contribution in [2.75, 3.05) is 13.3 Å². The molecule has 1 rings (SSSR count). The van der Waals surface area contributed by atoms with Gasteiger partial charge in [-0.2, -0.15) is 0 Å². The highest BCUT2D eigenvalue weighted by molar-refractivity contribution is 7.91. The first kappa shape index (κ1) is 17.7. The van der Waals surface area contributed by atoms with E-state index in [-0.39, 0.29) is 24.4 Å². The van der Waals surface area contributed by atoms with Gasteiger partial charge in [-0.3, -0.25) is 4.79 Å². The summed E-state index contributed by atoms with van der Waals surface area (Å²) in [7, 11) is -1.46. The molecule has 3 atom stereocenters. The summed E-state index contributed by atoms with van der Waals surface area (Å²) in [6.07, 6.45) is 4.51. The maximum atomic E-state index is 11.8. The van der Waals surface area contributed by atoms with Gasteiger partial charge in [0.05, 0.1) is 11.3 Å². The van der Waals surface area contributed by atoms with Gasteiger partial charge >= 0.3 is 0 Å². The highest BCUT2D eigenvalue weighted by Crippen LogP contribution is 2.27. The van der Waals surface area contributed by atoms with E-state index in [1.54, 1.807) is 14.0 Å². The fraction of sp³-hybridized carbons (Fsp3) is 0.909. The van der Waals surface area contributed by atoms with Crippen LogP contribution in [0.3, 0.4) is 0 Å². The summed E-state index contributed by atoms with van der Waals surface area (Å²) in [5.74, 6) is -0.189. The van der Waals surface area contributed by atoms with Crippen LogP contribution in [0, 0.1) is 0 Å².